The van der Waals surface area contributed by atoms with Gasteiger partial charge in [0.25, 0.3) is 0 Å². The Kier molecular flexibility index (Phi) is 8.40. The molecule has 0 radical (unpaired) electrons. The molecule has 0 fully saturated rings. The molecule has 3 nitrogen and oxygen atoms in total. The Bertz CT molecular complexity index is 103. The van der Waals surface area contributed by atoms with Gasteiger partial charge in [-0.25, -0.2) is 0 Å². The van der Waals surface area contributed by atoms with Crippen LogP contribution in [0.5, 0.6) is 0 Å². The zero-order chi connectivity index (χ0) is 10.1. The molecule has 0 saturated carbocycles. The van der Waals surface area contributed by atoms with Crippen LogP contribution in [-0.2, 0) is 4.74 Å². The van der Waals surface area contributed by atoms with Gasteiger partial charge in [0.1, 0.15) is 0 Å². The first-order valence-corrected chi connectivity index (χ1v) is 5.24. The highest BCUT2D eigenvalue weighted by Crippen LogP contribution is 2.01. The Morgan fingerprint density at radius 1 is 1.23 bits per heavy atom. The van der Waals surface area contributed by atoms with Crippen LogP contribution in [0.1, 0.15) is 33.1 Å². The van der Waals surface area contributed by atoms with E-state index in [1.54, 1.807) is 7.11 Å². The van der Waals surface area contributed by atoms with E-state index in [2.05, 4.69) is 18.7 Å². The van der Waals surface area contributed by atoms with Crippen LogP contribution in [0.2, 0.25) is 0 Å². The summed E-state index contributed by atoms with van der Waals surface area (Å²) < 4.78 is 5.01. The van der Waals surface area contributed by atoms with E-state index in [1.807, 2.05) is 0 Å². The average Bonchev–Trinajstić information content (AvgIpc) is 2.14. The minimum atomic E-state index is 0.167. The Morgan fingerprint density at radius 3 is 2.15 bits per heavy atom. The average molecular weight is 188 g/mol. The molecular formula is C10H24N2O. The van der Waals surface area contributed by atoms with E-state index in [0.717, 1.165) is 26.1 Å². The van der Waals surface area contributed by atoms with Gasteiger partial charge in [0.15, 0.2) is 0 Å². The summed E-state index contributed by atoms with van der Waals surface area (Å²) in [5.74, 6) is 0. The van der Waals surface area contributed by atoms with Gasteiger partial charge in [-0.15, -0.1) is 0 Å². The number of hydrogen-bond acceptors (Lipinski definition) is 3. The summed E-state index contributed by atoms with van der Waals surface area (Å²) in [6.45, 7) is 7.32. The lowest BCUT2D eigenvalue weighted by molar-refractivity contribution is 0.132. The standard InChI is InChI=1S/C10H24N2O/c1-4-7-12(8-5-2)10(11)6-9-13-3/h10H,4-9,11H2,1-3H3. The topological polar surface area (TPSA) is 38.5 Å². The third kappa shape index (κ3) is 6.02. The monoisotopic (exact) mass is 188 g/mol. The van der Waals surface area contributed by atoms with Gasteiger partial charge in [-0.1, -0.05) is 13.8 Å². The van der Waals surface area contributed by atoms with E-state index in [-0.39, 0.29) is 6.17 Å². The van der Waals surface area contributed by atoms with Gasteiger partial charge >= 0.3 is 0 Å². The smallest absolute Gasteiger partial charge is 0.0593 e. The maximum Gasteiger partial charge on any atom is 0.0593 e. The summed E-state index contributed by atoms with van der Waals surface area (Å²) in [6, 6.07) is 0. The quantitative estimate of drug-likeness (QED) is 0.586. The molecule has 0 saturated heterocycles. The summed E-state index contributed by atoms with van der Waals surface area (Å²) in [5, 5.41) is 0. The molecule has 0 aliphatic heterocycles. The molecule has 1 atom stereocenters. The molecule has 0 aromatic rings. The van der Waals surface area contributed by atoms with Crippen molar-refractivity contribution in [3.63, 3.8) is 0 Å². The SMILES string of the molecule is CCCN(CCC)C(N)CCOC. The summed E-state index contributed by atoms with van der Waals surface area (Å²) in [6.07, 6.45) is 3.43. The van der Waals surface area contributed by atoms with Gasteiger partial charge < -0.3 is 10.5 Å². The lowest BCUT2D eigenvalue weighted by atomic mass is 10.2. The van der Waals surface area contributed by atoms with Crippen molar-refractivity contribution in [2.75, 3.05) is 26.8 Å². The highest BCUT2D eigenvalue weighted by molar-refractivity contribution is 4.64. The molecule has 13 heavy (non-hydrogen) atoms. The van der Waals surface area contributed by atoms with Crippen LogP contribution in [-0.4, -0.2) is 37.9 Å². The summed E-state index contributed by atoms with van der Waals surface area (Å²) in [7, 11) is 1.72. The summed E-state index contributed by atoms with van der Waals surface area (Å²) in [5.41, 5.74) is 6.02. The zero-order valence-electron chi connectivity index (χ0n) is 9.25. The van der Waals surface area contributed by atoms with Crippen molar-refractivity contribution in [2.45, 2.75) is 39.3 Å². The molecule has 0 bridgehead atoms. The van der Waals surface area contributed by atoms with Gasteiger partial charge in [-0.3, -0.25) is 4.90 Å². The van der Waals surface area contributed by atoms with E-state index in [0.29, 0.717) is 0 Å². The van der Waals surface area contributed by atoms with Gasteiger partial charge in [0.05, 0.1) is 6.17 Å². The third-order valence-corrected chi connectivity index (χ3v) is 2.11. The van der Waals surface area contributed by atoms with E-state index in [4.69, 9.17) is 10.5 Å². The number of rotatable bonds is 8. The maximum absolute atomic E-state index is 6.02. The second-order valence-corrected chi connectivity index (χ2v) is 3.38. The second-order valence-electron chi connectivity index (χ2n) is 3.38. The fourth-order valence-corrected chi connectivity index (χ4v) is 1.44. The largest absolute Gasteiger partial charge is 0.385 e. The van der Waals surface area contributed by atoms with Crippen LogP contribution in [0.4, 0.5) is 0 Å². The molecule has 0 rings (SSSR count). The number of methoxy groups -OCH3 is 1. The first-order valence-electron chi connectivity index (χ1n) is 5.24. The lowest BCUT2D eigenvalue weighted by Gasteiger charge is -2.27. The zero-order valence-corrected chi connectivity index (χ0v) is 9.25. The fourth-order valence-electron chi connectivity index (χ4n) is 1.44. The van der Waals surface area contributed by atoms with Crippen molar-refractivity contribution in [3.8, 4) is 0 Å². The Morgan fingerprint density at radius 2 is 1.77 bits per heavy atom. The molecular weight excluding hydrogens is 164 g/mol. The molecule has 3 heteroatoms. The van der Waals surface area contributed by atoms with Gasteiger partial charge in [0.2, 0.25) is 0 Å². The minimum absolute atomic E-state index is 0.167. The van der Waals surface area contributed by atoms with Crippen molar-refractivity contribution >= 4 is 0 Å². The van der Waals surface area contributed by atoms with Gasteiger partial charge in [0, 0.05) is 13.7 Å². The number of nitrogens with two attached hydrogens (primary N) is 1. The predicted octanol–water partition coefficient (Wildman–Crippen LogP) is 1.43. The molecule has 0 spiro atoms. The Hall–Kier alpha value is -0.120. The molecule has 1 unspecified atom stereocenters. The van der Waals surface area contributed by atoms with Crippen molar-refractivity contribution in [3.05, 3.63) is 0 Å². The van der Waals surface area contributed by atoms with E-state index < -0.39 is 0 Å². The van der Waals surface area contributed by atoms with E-state index in [1.165, 1.54) is 12.8 Å². The molecule has 0 aromatic carbocycles. The minimum Gasteiger partial charge on any atom is -0.385 e. The molecule has 0 heterocycles. The highest BCUT2D eigenvalue weighted by atomic mass is 16.5. The fraction of sp³-hybridized carbons (Fsp3) is 1.00. The third-order valence-electron chi connectivity index (χ3n) is 2.11. The van der Waals surface area contributed by atoms with Crippen molar-refractivity contribution in [1.82, 2.24) is 4.90 Å². The van der Waals surface area contributed by atoms with Crippen molar-refractivity contribution in [1.29, 1.82) is 0 Å². The molecule has 0 aliphatic rings. The molecule has 0 aromatic heterocycles. The predicted molar refractivity (Wildman–Crippen MR) is 56.6 cm³/mol. The van der Waals surface area contributed by atoms with Crippen molar-refractivity contribution in [2.24, 2.45) is 5.73 Å². The normalized spacial score (nSPS) is 13.6. The molecule has 0 aliphatic carbocycles. The van der Waals surface area contributed by atoms with Gasteiger partial charge in [-0.2, -0.15) is 0 Å². The van der Waals surface area contributed by atoms with Crippen molar-refractivity contribution < 1.29 is 4.74 Å². The first kappa shape index (κ1) is 12.9. The van der Waals surface area contributed by atoms with Crippen LogP contribution >= 0.6 is 0 Å². The summed E-state index contributed by atoms with van der Waals surface area (Å²) in [4.78, 5) is 2.33. The Balaban J connectivity index is 3.72. The molecule has 2 N–H and O–H groups in total. The first-order chi connectivity index (χ1) is 6.26. The summed E-state index contributed by atoms with van der Waals surface area (Å²) >= 11 is 0. The lowest BCUT2D eigenvalue weighted by Crippen LogP contribution is -2.43. The number of ether oxygens (including phenoxy) is 1. The maximum atomic E-state index is 6.02. The van der Waals surface area contributed by atoms with Crippen LogP contribution < -0.4 is 5.73 Å². The molecule has 0 amide bonds. The number of hydrogen-bond donors (Lipinski definition) is 1. The number of nitrogens with zero attached hydrogens (tertiary/aromatic N) is 1. The van der Waals surface area contributed by atoms with Crippen LogP contribution in [0.15, 0.2) is 0 Å². The van der Waals surface area contributed by atoms with Gasteiger partial charge in [-0.05, 0) is 32.4 Å². The van der Waals surface area contributed by atoms with Crippen LogP contribution in [0.3, 0.4) is 0 Å². The van der Waals surface area contributed by atoms with E-state index >= 15 is 0 Å². The Labute approximate surface area is 82.2 Å². The van der Waals surface area contributed by atoms with Crippen LogP contribution in [0.25, 0.3) is 0 Å². The second kappa shape index (κ2) is 8.48. The highest BCUT2D eigenvalue weighted by Gasteiger charge is 2.11. The van der Waals surface area contributed by atoms with E-state index in [9.17, 15) is 0 Å². The van der Waals surface area contributed by atoms with Crippen LogP contribution in [0, 0.1) is 0 Å². The molecule has 80 valence electrons.